The minimum atomic E-state index is -1.43. The Labute approximate surface area is 188 Å². The van der Waals surface area contributed by atoms with Crippen LogP contribution >= 0.6 is 0 Å². The highest BCUT2D eigenvalue weighted by atomic mass is 16.6. The van der Waals surface area contributed by atoms with Crippen LogP contribution in [0.1, 0.15) is 22.6 Å². The number of rotatable bonds is 6. The molecule has 0 amide bonds. The van der Waals surface area contributed by atoms with Crippen LogP contribution in [0, 0.1) is 10.1 Å². The summed E-state index contributed by atoms with van der Waals surface area (Å²) in [5.74, 6) is -2.51. The van der Waals surface area contributed by atoms with Crippen molar-refractivity contribution in [1.29, 1.82) is 0 Å². The largest absolute Gasteiger partial charge is 0.494 e. The quantitative estimate of drug-likeness (QED) is 0.210. The summed E-state index contributed by atoms with van der Waals surface area (Å²) in [7, 11) is 0. The van der Waals surface area contributed by atoms with Gasteiger partial charge < -0.3 is 9.84 Å². The molecular formula is C21H17N5O8. The normalized spacial score (nSPS) is 13.9. The van der Waals surface area contributed by atoms with Crippen LogP contribution in [0.5, 0.6) is 17.5 Å². The van der Waals surface area contributed by atoms with E-state index in [2.05, 4.69) is 23.1 Å². The lowest BCUT2D eigenvalue weighted by Crippen LogP contribution is -2.41. The topological polar surface area (TPSA) is 182 Å². The molecule has 0 aliphatic carbocycles. The van der Waals surface area contributed by atoms with E-state index in [0.717, 1.165) is 21.3 Å². The number of nitrogens with one attached hydrogen (secondary N) is 2. The summed E-state index contributed by atoms with van der Waals surface area (Å²) in [6, 6.07) is 3.47. The summed E-state index contributed by atoms with van der Waals surface area (Å²) in [5, 5.41) is 22.3. The number of nitro benzene ring substituents is 1. The molecule has 0 fully saturated rings. The molecule has 0 radical (unpaired) electrons. The summed E-state index contributed by atoms with van der Waals surface area (Å²) in [5.41, 5.74) is -4.73. The van der Waals surface area contributed by atoms with Crippen molar-refractivity contribution in [2.75, 3.05) is 0 Å². The van der Waals surface area contributed by atoms with Crippen molar-refractivity contribution in [1.82, 2.24) is 19.1 Å². The Morgan fingerprint density at radius 2 is 1.71 bits per heavy atom. The predicted molar refractivity (Wildman–Crippen MR) is 119 cm³/mol. The number of hydrogen-bond acceptors (Lipinski definition) is 8. The molecule has 2 aromatic heterocycles. The van der Waals surface area contributed by atoms with E-state index in [9.17, 15) is 34.4 Å². The molecule has 174 valence electrons. The monoisotopic (exact) mass is 467 g/mol. The van der Waals surface area contributed by atoms with E-state index in [1.54, 1.807) is 0 Å². The van der Waals surface area contributed by atoms with Crippen molar-refractivity contribution < 1.29 is 14.8 Å². The van der Waals surface area contributed by atoms with Gasteiger partial charge in [-0.1, -0.05) is 12.2 Å². The first-order valence-electron chi connectivity index (χ1n) is 9.80. The second-order valence-corrected chi connectivity index (χ2v) is 7.29. The standard InChI is InChI=1S/C21H17N5O8/c1-3-7-24-18(28)14(16(27)22-20(24)30)13-11-9-10(26(32)33)5-6-12(11)34-17-15(13)19(29)25(8-4-2)21(31)23-17/h3-6,9,13,28H,1-2,7-8H2,(H,23,31)(H,22,27,30)/t13-/m1/s1. The summed E-state index contributed by atoms with van der Waals surface area (Å²) in [6.07, 6.45) is 2.60. The van der Waals surface area contributed by atoms with E-state index < -0.39 is 44.8 Å². The highest BCUT2D eigenvalue weighted by Crippen LogP contribution is 2.46. The second kappa shape index (κ2) is 8.20. The van der Waals surface area contributed by atoms with Gasteiger partial charge in [0.05, 0.1) is 22.0 Å². The maximum absolute atomic E-state index is 13.3. The van der Waals surface area contributed by atoms with Gasteiger partial charge in [0, 0.05) is 30.8 Å². The van der Waals surface area contributed by atoms with Crippen LogP contribution in [0.4, 0.5) is 5.69 Å². The van der Waals surface area contributed by atoms with Crippen LogP contribution in [0.2, 0.25) is 0 Å². The molecule has 13 nitrogen and oxygen atoms in total. The van der Waals surface area contributed by atoms with Gasteiger partial charge in [0.25, 0.3) is 16.8 Å². The minimum absolute atomic E-state index is 0.000101. The fourth-order valence-corrected chi connectivity index (χ4v) is 3.86. The third kappa shape index (κ3) is 3.35. The number of nitrogens with zero attached hydrogens (tertiary/aromatic N) is 3. The number of non-ortho nitro benzene ring substituents is 1. The lowest BCUT2D eigenvalue weighted by molar-refractivity contribution is -0.384. The maximum Gasteiger partial charge on any atom is 0.331 e. The molecule has 0 unspecified atom stereocenters. The molecule has 1 aliphatic heterocycles. The Balaban J connectivity index is 2.17. The number of hydrogen-bond donors (Lipinski definition) is 3. The smallest absolute Gasteiger partial charge is 0.331 e. The lowest BCUT2D eigenvalue weighted by Gasteiger charge is -2.27. The molecule has 1 atom stereocenters. The lowest BCUT2D eigenvalue weighted by atomic mass is 9.84. The minimum Gasteiger partial charge on any atom is -0.494 e. The van der Waals surface area contributed by atoms with E-state index >= 15 is 0 Å². The number of benzene rings is 1. The Hall–Kier alpha value is -4.94. The van der Waals surface area contributed by atoms with Crippen LogP contribution in [-0.2, 0) is 13.1 Å². The highest BCUT2D eigenvalue weighted by Gasteiger charge is 2.38. The van der Waals surface area contributed by atoms with Gasteiger partial charge in [0.2, 0.25) is 11.8 Å². The summed E-state index contributed by atoms with van der Waals surface area (Å²) in [6.45, 7) is 6.64. The first-order chi connectivity index (χ1) is 16.2. The van der Waals surface area contributed by atoms with E-state index in [1.165, 1.54) is 18.2 Å². The van der Waals surface area contributed by atoms with Gasteiger partial charge in [-0.3, -0.25) is 38.8 Å². The van der Waals surface area contributed by atoms with Crippen LogP contribution in [0.3, 0.4) is 0 Å². The van der Waals surface area contributed by atoms with Gasteiger partial charge in [0.1, 0.15) is 5.75 Å². The van der Waals surface area contributed by atoms with Crippen LogP contribution in [0.25, 0.3) is 0 Å². The van der Waals surface area contributed by atoms with Gasteiger partial charge >= 0.3 is 11.4 Å². The van der Waals surface area contributed by atoms with Crippen LogP contribution < -0.4 is 27.2 Å². The number of fused-ring (bicyclic) bond motifs is 2. The molecule has 13 heteroatoms. The van der Waals surface area contributed by atoms with Crippen molar-refractivity contribution in [2.24, 2.45) is 0 Å². The Kier molecular flexibility index (Phi) is 5.37. The van der Waals surface area contributed by atoms with Crippen LogP contribution in [0.15, 0.2) is 62.7 Å². The van der Waals surface area contributed by atoms with Gasteiger partial charge in [-0.25, -0.2) is 9.59 Å². The molecular weight excluding hydrogens is 450 g/mol. The van der Waals surface area contributed by atoms with Crippen molar-refractivity contribution >= 4 is 5.69 Å². The molecule has 3 aromatic rings. The average molecular weight is 467 g/mol. The van der Waals surface area contributed by atoms with Crippen LogP contribution in [-0.4, -0.2) is 29.1 Å². The Bertz CT molecular complexity index is 1610. The molecule has 0 spiro atoms. The number of H-pyrrole nitrogens is 2. The van der Waals surface area contributed by atoms with Crippen molar-refractivity contribution in [3.05, 3.63) is 112 Å². The molecule has 0 bridgehead atoms. The second-order valence-electron chi connectivity index (χ2n) is 7.29. The van der Waals surface area contributed by atoms with Gasteiger partial charge in [0.15, 0.2) is 0 Å². The first-order valence-corrected chi connectivity index (χ1v) is 9.80. The SMILES string of the molecule is C=CCn1c(O)c([C@H]2c3cc([N+](=O)[O-])ccc3Oc3[nH]c(=O)n(CC=C)c(=O)c32)c(=O)[nH]c1=O. The summed E-state index contributed by atoms with van der Waals surface area (Å²) >= 11 is 0. The molecule has 4 rings (SSSR count). The molecule has 3 N–H and O–H groups in total. The first kappa shape index (κ1) is 22.3. The highest BCUT2D eigenvalue weighted by molar-refractivity contribution is 5.59. The number of ether oxygens (including phenoxy) is 1. The molecule has 1 aliphatic rings. The molecule has 0 saturated heterocycles. The zero-order chi connectivity index (χ0) is 24.7. The zero-order valence-electron chi connectivity index (χ0n) is 17.4. The fourth-order valence-electron chi connectivity index (χ4n) is 3.86. The molecule has 34 heavy (non-hydrogen) atoms. The number of allylic oxidation sites excluding steroid dienone is 2. The van der Waals surface area contributed by atoms with E-state index in [0.29, 0.717) is 0 Å². The molecule has 0 saturated carbocycles. The average Bonchev–Trinajstić information content (AvgIpc) is 2.78. The third-order valence-electron chi connectivity index (χ3n) is 5.32. The van der Waals surface area contributed by atoms with E-state index in [1.807, 2.05) is 0 Å². The Morgan fingerprint density at radius 3 is 2.35 bits per heavy atom. The van der Waals surface area contributed by atoms with E-state index in [4.69, 9.17) is 4.74 Å². The van der Waals surface area contributed by atoms with Crippen molar-refractivity contribution in [2.45, 2.75) is 19.0 Å². The summed E-state index contributed by atoms with van der Waals surface area (Å²) in [4.78, 5) is 66.1. The van der Waals surface area contributed by atoms with Gasteiger partial charge in [-0.15, -0.1) is 13.2 Å². The molecule has 1 aromatic carbocycles. The number of aromatic hydroxyl groups is 1. The third-order valence-corrected chi connectivity index (χ3v) is 5.32. The zero-order valence-corrected chi connectivity index (χ0v) is 17.4. The Morgan fingerprint density at radius 1 is 1.06 bits per heavy atom. The predicted octanol–water partition coefficient (Wildman–Crippen LogP) is 0.658. The number of nitro groups is 1. The maximum atomic E-state index is 13.3. The number of aromatic amines is 2. The molecule has 3 heterocycles. The van der Waals surface area contributed by atoms with Crippen molar-refractivity contribution in [3.63, 3.8) is 0 Å². The summed E-state index contributed by atoms with van der Waals surface area (Å²) < 4.78 is 7.24. The fraction of sp³-hybridized carbons (Fsp3) is 0.143. The number of aromatic nitrogens is 4. The van der Waals surface area contributed by atoms with Crippen molar-refractivity contribution in [3.8, 4) is 17.5 Å². The van der Waals surface area contributed by atoms with Gasteiger partial charge in [-0.05, 0) is 6.07 Å². The van der Waals surface area contributed by atoms with Gasteiger partial charge in [-0.2, -0.15) is 0 Å². The van der Waals surface area contributed by atoms with E-state index in [-0.39, 0.29) is 41.5 Å².